The lowest BCUT2D eigenvalue weighted by molar-refractivity contribution is 0.598. The average molecular weight is 306 g/mol. The molecule has 0 aliphatic heterocycles. The highest BCUT2D eigenvalue weighted by atomic mass is 35.5. The largest absolute Gasteiger partial charge is 0.306 e. The van der Waals surface area contributed by atoms with E-state index in [4.69, 9.17) is 11.6 Å². The average Bonchev–Trinajstić information content (AvgIpc) is 2.45. The fourth-order valence-electron chi connectivity index (χ4n) is 2.65. The summed E-state index contributed by atoms with van der Waals surface area (Å²) in [6, 6.07) is 9.79. The zero-order valence-corrected chi connectivity index (χ0v) is 13.7. The second-order valence-electron chi connectivity index (χ2n) is 5.44. The minimum Gasteiger partial charge on any atom is -0.306 e. The van der Waals surface area contributed by atoms with Gasteiger partial charge in [0.05, 0.1) is 6.04 Å². The summed E-state index contributed by atoms with van der Waals surface area (Å²) in [7, 11) is 0. The highest BCUT2D eigenvalue weighted by Crippen LogP contribution is 2.32. The molecule has 3 heteroatoms. The summed E-state index contributed by atoms with van der Waals surface area (Å²) >= 11 is 6.47. The van der Waals surface area contributed by atoms with Crippen molar-refractivity contribution in [3.05, 3.63) is 69.0 Å². The maximum atomic E-state index is 13.9. The Morgan fingerprint density at radius 3 is 2.29 bits per heavy atom. The molecule has 0 aromatic heterocycles. The summed E-state index contributed by atoms with van der Waals surface area (Å²) in [6.07, 6.45) is 0. The van der Waals surface area contributed by atoms with Gasteiger partial charge in [0, 0.05) is 5.02 Å². The quantitative estimate of drug-likeness (QED) is 0.828. The lowest BCUT2D eigenvalue weighted by Crippen LogP contribution is -2.23. The van der Waals surface area contributed by atoms with Crippen LogP contribution in [0.3, 0.4) is 0 Å². The number of hydrogen-bond acceptors (Lipinski definition) is 1. The molecule has 0 bridgehead atoms. The van der Waals surface area contributed by atoms with Crippen LogP contribution in [0.1, 0.15) is 40.8 Å². The van der Waals surface area contributed by atoms with Gasteiger partial charge in [-0.3, -0.25) is 0 Å². The van der Waals surface area contributed by atoms with Gasteiger partial charge >= 0.3 is 0 Å². The Hall–Kier alpha value is -1.38. The predicted molar refractivity (Wildman–Crippen MR) is 87.6 cm³/mol. The fourth-order valence-corrected chi connectivity index (χ4v) is 2.89. The van der Waals surface area contributed by atoms with Gasteiger partial charge < -0.3 is 5.32 Å². The number of rotatable bonds is 4. The first-order valence-electron chi connectivity index (χ1n) is 7.20. The Kier molecular flexibility index (Phi) is 5.02. The fraction of sp³-hybridized carbons (Fsp3) is 0.333. The van der Waals surface area contributed by atoms with Gasteiger partial charge in [-0.05, 0) is 55.1 Å². The Balaban J connectivity index is 2.56. The van der Waals surface area contributed by atoms with Crippen LogP contribution in [0.4, 0.5) is 4.39 Å². The summed E-state index contributed by atoms with van der Waals surface area (Å²) in [4.78, 5) is 0. The van der Waals surface area contributed by atoms with E-state index >= 15 is 0 Å². The van der Waals surface area contributed by atoms with Crippen molar-refractivity contribution in [3.8, 4) is 0 Å². The molecule has 0 heterocycles. The van der Waals surface area contributed by atoms with Crippen molar-refractivity contribution in [1.82, 2.24) is 5.32 Å². The van der Waals surface area contributed by atoms with Crippen molar-refractivity contribution in [2.45, 2.75) is 33.7 Å². The maximum Gasteiger partial charge on any atom is 0.129 e. The number of halogens is 2. The van der Waals surface area contributed by atoms with Crippen LogP contribution in [0.2, 0.25) is 5.02 Å². The van der Waals surface area contributed by atoms with Crippen LogP contribution in [0.15, 0.2) is 30.3 Å². The third-order valence-electron chi connectivity index (χ3n) is 3.73. The van der Waals surface area contributed by atoms with E-state index in [2.05, 4.69) is 12.2 Å². The van der Waals surface area contributed by atoms with Gasteiger partial charge in [-0.25, -0.2) is 4.39 Å². The normalized spacial score (nSPS) is 12.5. The third-order valence-corrected chi connectivity index (χ3v) is 4.25. The first-order chi connectivity index (χ1) is 9.95. The molecule has 2 aromatic rings. The molecule has 1 N–H and O–H groups in total. The molecule has 0 saturated carbocycles. The predicted octanol–water partition coefficient (Wildman–Crippen LogP) is 5.10. The molecule has 0 aliphatic carbocycles. The second kappa shape index (κ2) is 6.59. The van der Waals surface area contributed by atoms with E-state index in [9.17, 15) is 4.39 Å². The van der Waals surface area contributed by atoms with Crippen LogP contribution < -0.4 is 5.32 Å². The van der Waals surface area contributed by atoms with Crippen molar-refractivity contribution in [2.75, 3.05) is 6.54 Å². The molecule has 2 aromatic carbocycles. The van der Waals surface area contributed by atoms with Gasteiger partial charge in [-0.1, -0.05) is 48.9 Å². The van der Waals surface area contributed by atoms with Crippen LogP contribution in [-0.4, -0.2) is 6.54 Å². The summed E-state index contributed by atoms with van der Waals surface area (Å²) < 4.78 is 13.9. The van der Waals surface area contributed by atoms with Crippen LogP contribution in [-0.2, 0) is 0 Å². The van der Waals surface area contributed by atoms with Crippen molar-refractivity contribution < 1.29 is 4.39 Å². The van der Waals surface area contributed by atoms with Crippen molar-refractivity contribution in [3.63, 3.8) is 0 Å². The Morgan fingerprint density at radius 2 is 1.71 bits per heavy atom. The summed E-state index contributed by atoms with van der Waals surface area (Å²) in [5, 5.41) is 4.22. The topological polar surface area (TPSA) is 12.0 Å². The number of aryl methyl sites for hydroxylation is 3. The molecular weight excluding hydrogens is 285 g/mol. The van der Waals surface area contributed by atoms with Gasteiger partial charge in [0.15, 0.2) is 0 Å². The van der Waals surface area contributed by atoms with Gasteiger partial charge in [0.1, 0.15) is 5.82 Å². The van der Waals surface area contributed by atoms with E-state index in [-0.39, 0.29) is 11.9 Å². The molecule has 1 atom stereocenters. The SMILES string of the molecule is CCNC(c1cc(C)c(F)c(C)c1)c1cccc(C)c1Cl. The number of hydrogen-bond donors (Lipinski definition) is 1. The second-order valence-corrected chi connectivity index (χ2v) is 5.82. The van der Waals surface area contributed by atoms with Crippen molar-refractivity contribution >= 4 is 11.6 Å². The first-order valence-corrected chi connectivity index (χ1v) is 7.58. The molecule has 0 fully saturated rings. The third kappa shape index (κ3) is 3.28. The monoisotopic (exact) mass is 305 g/mol. The zero-order chi connectivity index (χ0) is 15.6. The van der Waals surface area contributed by atoms with E-state index in [0.29, 0.717) is 11.1 Å². The summed E-state index contributed by atoms with van der Waals surface area (Å²) in [5.74, 6) is -0.135. The number of nitrogens with one attached hydrogen (secondary N) is 1. The molecule has 21 heavy (non-hydrogen) atoms. The minimum atomic E-state index is -0.135. The van der Waals surface area contributed by atoms with Crippen LogP contribution in [0.25, 0.3) is 0 Å². The van der Waals surface area contributed by atoms with E-state index in [1.807, 2.05) is 37.3 Å². The number of benzene rings is 2. The standard InChI is InChI=1S/C18H21ClFN/c1-5-21-18(15-8-6-7-11(2)16(15)19)14-9-12(3)17(20)13(4)10-14/h6-10,18,21H,5H2,1-4H3. The molecule has 0 amide bonds. The van der Waals surface area contributed by atoms with Gasteiger partial charge in [0.25, 0.3) is 0 Å². The molecule has 0 aliphatic rings. The molecule has 1 nitrogen and oxygen atoms in total. The van der Waals surface area contributed by atoms with Crippen molar-refractivity contribution in [1.29, 1.82) is 0 Å². The van der Waals surface area contributed by atoms with E-state index < -0.39 is 0 Å². The lowest BCUT2D eigenvalue weighted by atomic mass is 9.94. The van der Waals surface area contributed by atoms with E-state index in [1.165, 1.54) is 0 Å². The molecule has 0 spiro atoms. The molecule has 2 rings (SSSR count). The highest BCUT2D eigenvalue weighted by molar-refractivity contribution is 6.32. The molecule has 1 unspecified atom stereocenters. The minimum absolute atomic E-state index is 0.0274. The Morgan fingerprint density at radius 1 is 1.10 bits per heavy atom. The Bertz CT molecular complexity index is 629. The molecule has 0 radical (unpaired) electrons. The van der Waals surface area contributed by atoms with Gasteiger partial charge in [0.2, 0.25) is 0 Å². The first kappa shape index (κ1) is 16.0. The van der Waals surface area contributed by atoms with Crippen LogP contribution in [0, 0.1) is 26.6 Å². The van der Waals surface area contributed by atoms with E-state index in [0.717, 1.165) is 28.3 Å². The van der Waals surface area contributed by atoms with Gasteiger partial charge in [-0.15, -0.1) is 0 Å². The lowest BCUT2D eigenvalue weighted by Gasteiger charge is -2.22. The zero-order valence-electron chi connectivity index (χ0n) is 12.9. The summed E-state index contributed by atoms with van der Waals surface area (Å²) in [6.45, 7) is 8.46. The van der Waals surface area contributed by atoms with Gasteiger partial charge in [-0.2, -0.15) is 0 Å². The highest BCUT2D eigenvalue weighted by Gasteiger charge is 2.18. The smallest absolute Gasteiger partial charge is 0.129 e. The van der Waals surface area contributed by atoms with Crippen LogP contribution >= 0.6 is 11.6 Å². The van der Waals surface area contributed by atoms with E-state index in [1.54, 1.807) is 13.8 Å². The molecule has 0 saturated heterocycles. The van der Waals surface area contributed by atoms with Crippen LogP contribution in [0.5, 0.6) is 0 Å². The molecular formula is C18H21ClFN. The maximum absolute atomic E-state index is 13.9. The van der Waals surface area contributed by atoms with Crippen molar-refractivity contribution in [2.24, 2.45) is 0 Å². The molecule has 112 valence electrons. The Labute approximate surface area is 131 Å². The summed E-state index contributed by atoms with van der Waals surface area (Å²) in [5.41, 5.74) is 4.45.